The van der Waals surface area contributed by atoms with Gasteiger partial charge in [0.1, 0.15) is 0 Å². The number of carbonyl (C=O) groups is 1. The molecule has 3 rings (SSSR count). The first-order chi connectivity index (χ1) is 9.21. The predicted molar refractivity (Wildman–Crippen MR) is 73.4 cm³/mol. The maximum Gasteiger partial charge on any atom is 0.197 e. The van der Waals surface area contributed by atoms with Crippen molar-refractivity contribution in [1.82, 2.24) is 0 Å². The maximum atomic E-state index is 12.8. The lowest BCUT2D eigenvalue weighted by molar-refractivity contribution is 0.0779. The van der Waals surface area contributed by atoms with E-state index in [2.05, 4.69) is 0 Å². The lowest BCUT2D eigenvalue weighted by atomic mass is 9.83. The first-order valence-corrected chi connectivity index (χ1v) is 6.40. The number of fused-ring (bicyclic) bond motifs is 1. The van der Waals surface area contributed by atoms with Crippen LogP contribution < -0.4 is 5.06 Å². The van der Waals surface area contributed by atoms with Crippen molar-refractivity contribution >= 4 is 11.5 Å². The Labute approximate surface area is 112 Å². The second-order valence-electron chi connectivity index (χ2n) is 4.74. The van der Waals surface area contributed by atoms with Gasteiger partial charge in [-0.3, -0.25) is 10.0 Å². The average Bonchev–Trinajstić information content (AvgIpc) is 2.70. The number of hydrogen-bond donors (Lipinski definition) is 1. The van der Waals surface area contributed by atoms with Crippen molar-refractivity contribution in [2.75, 3.05) is 5.06 Å². The number of hydrogen-bond acceptors (Lipinski definition) is 3. The van der Waals surface area contributed by atoms with E-state index in [1.807, 2.05) is 49.4 Å². The maximum absolute atomic E-state index is 12.8. The molecule has 0 aromatic heterocycles. The van der Waals surface area contributed by atoms with Gasteiger partial charge in [0.2, 0.25) is 0 Å². The van der Waals surface area contributed by atoms with Gasteiger partial charge in [-0.2, -0.15) is 0 Å². The smallest absolute Gasteiger partial charge is 0.197 e. The second-order valence-corrected chi connectivity index (χ2v) is 4.74. The summed E-state index contributed by atoms with van der Waals surface area (Å²) in [6.07, 6.45) is 0.515. The Morgan fingerprint density at radius 3 is 2.32 bits per heavy atom. The third kappa shape index (κ3) is 1.45. The van der Waals surface area contributed by atoms with Gasteiger partial charge in [-0.05, 0) is 24.1 Å². The van der Waals surface area contributed by atoms with Crippen molar-refractivity contribution in [3.8, 4) is 0 Å². The Morgan fingerprint density at radius 1 is 1.05 bits per heavy atom. The van der Waals surface area contributed by atoms with Crippen LogP contribution in [0, 0.1) is 0 Å². The third-order valence-electron chi connectivity index (χ3n) is 3.88. The molecule has 96 valence electrons. The van der Waals surface area contributed by atoms with Gasteiger partial charge in [0.25, 0.3) is 0 Å². The van der Waals surface area contributed by atoms with Crippen LogP contribution in [0.5, 0.6) is 0 Å². The Kier molecular flexibility index (Phi) is 2.64. The molecule has 1 atom stereocenters. The van der Waals surface area contributed by atoms with Crippen LogP contribution >= 0.6 is 0 Å². The first kappa shape index (κ1) is 11.9. The molecule has 19 heavy (non-hydrogen) atoms. The van der Waals surface area contributed by atoms with Crippen LogP contribution in [-0.2, 0) is 5.54 Å². The number of rotatable bonds is 2. The van der Waals surface area contributed by atoms with Crippen molar-refractivity contribution in [2.45, 2.75) is 18.9 Å². The van der Waals surface area contributed by atoms with Gasteiger partial charge < -0.3 is 0 Å². The average molecular weight is 253 g/mol. The molecule has 3 nitrogen and oxygen atoms in total. The van der Waals surface area contributed by atoms with Crippen LogP contribution in [0.15, 0.2) is 54.6 Å². The van der Waals surface area contributed by atoms with Crippen molar-refractivity contribution in [3.63, 3.8) is 0 Å². The van der Waals surface area contributed by atoms with E-state index in [4.69, 9.17) is 0 Å². The van der Waals surface area contributed by atoms with Crippen LogP contribution in [-0.4, -0.2) is 11.0 Å². The molecule has 0 bridgehead atoms. The molecule has 0 fully saturated rings. The highest BCUT2D eigenvalue weighted by atomic mass is 16.5. The number of hydroxylamine groups is 1. The minimum absolute atomic E-state index is 0.0423. The lowest BCUT2D eigenvalue weighted by Gasteiger charge is -2.33. The summed E-state index contributed by atoms with van der Waals surface area (Å²) >= 11 is 0. The highest BCUT2D eigenvalue weighted by Crippen LogP contribution is 2.45. The molecule has 0 saturated heterocycles. The van der Waals surface area contributed by atoms with E-state index in [0.29, 0.717) is 17.7 Å². The zero-order chi connectivity index (χ0) is 13.5. The zero-order valence-electron chi connectivity index (χ0n) is 10.7. The second kappa shape index (κ2) is 4.21. The van der Waals surface area contributed by atoms with Gasteiger partial charge in [0.05, 0.1) is 5.69 Å². The standard InChI is InChI=1S/C16H15NO2/c1-2-16(12-8-4-3-5-9-12)15(18)13-10-6-7-11-14(13)17(16)19/h3-11,19H,2H2,1H3. The molecule has 1 aliphatic rings. The lowest BCUT2D eigenvalue weighted by Crippen LogP contribution is -2.45. The Balaban J connectivity index is 2.23. The van der Waals surface area contributed by atoms with Crippen molar-refractivity contribution in [1.29, 1.82) is 0 Å². The number of para-hydroxylation sites is 1. The van der Waals surface area contributed by atoms with Crippen molar-refractivity contribution in [3.05, 3.63) is 65.7 Å². The van der Waals surface area contributed by atoms with Crippen LogP contribution in [0.2, 0.25) is 0 Å². The molecular formula is C16H15NO2. The normalized spacial score (nSPS) is 21.6. The molecule has 1 N–H and O–H groups in total. The Morgan fingerprint density at radius 2 is 1.68 bits per heavy atom. The quantitative estimate of drug-likeness (QED) is 0.891. The number of carbonyl (C=O) groups excluding carboxylic acids is 1. The minimum Gasteiger partial charge on any atom is -0.291 e. The van der Waals surface area contributed by atoms with E-state index in [9.17, 15) is 10.0 Å². The molecule has 0 saturated carbocycles. The number of anilines is 1. The number of benzene rings is 2. The Hall–Kier alpha value is -2.13. The molecular weight excluding hydrogens is 238 g/mol. The van der Waals surface area contributed by atoms with Gasteiger partial charge >= 0.3 is 0 Å². The highest BCUT2D eigenvalue weighted by molar-refractivity contribution is 6.13. The minimum atomic E-state index is -0.995. The number of nitrogens with zero attached hydrogens (tertiary/aromatic N) is 1. The summed E-state index contributed by atoms with van der Waals surface area (Å²) in [5, 5.41) is 11.7. The van der Waals surface area contributed by atoms with Gasteiger partial charge in [-0.1, -0.05) is 49.4 Å². The topological polar surface area (TPSA) is 40.5 Å². The van der Waals surface area contributed by atoms with Crippen molar-refractivity contribution < 1.29 is 10.0 Å². The van der Waals surface area contributed by atoms with Gasteiger partial charge in [0.15, 0.2) is 11.3 Å². The molecule has 3 heteroatoms. The summed E-state index contributed by atoms with van der Waals surface area (Å²) in [6, 6.07) is 16.6. The summed E-state index contributed by atoms with van der Waals surface area (Å²) in [5.74, 6) is -0.0423. The van der Waals surface area contributed by atoms with E-state index in [0.717, 1.165) is 10.6 Å². The summed E-state index contributed by atoms with van der Waals surface area (Å²) in [5.41, 5.74) is 0.986. The van der Waals surface area contributed by atoms with E-state index in [1.165, 1.54) is 0 Å². The molecule has 2 aromatic carbocycles. The molecule has 1 unspecified atom stereocenters. The predicted octanol–water partition coefficient (Wildman–Crippen LogP) is 3.38. The summed E-state index contributed by atoms with van der Waals surface area (Å²) in [4.78, 5) is 12.8. The third-order valence-corrected chi connectivity index (χ3v) is 3.88. The molecule has 0 amide bonds. The van der Waals surface area contributed by atoms with E-state index < -0.39 is 5.54 Å². The monoisotopic (exact) mass is 253 g/mol. The van der Waals surface area contributed by atoms with Crippen LogP contribution in [0.25, 0.3) is 0 Å². The summed E-state index contributed by atoms with van der Waals surface area (Å²) < 4.78 is 0. The van der Waals surface area contributed by atoms with Crippen LogP contribution in [0.1, 0.15) is 29.3 Å². The van der Waals surface area contributed by atoms with Gasteiger partial charge in [-0.25, -0.2) is 5.06 Å². The van der Waals surface area contributed by atoms with E-state index >= 15 is 0 Å². The largest absolute Gasteiger partial charge is 0.291 e. The molecule has 0 aliphatic carbocycles. The molecule has 2 aromatic rings. The van der Waals surface area contributed by atoms with Gasteiger partial charge in [-0.15, -0.1) is 0 Å². The first-order valence-electron chi connectivity index (χ1n) is 6.40. The molecule has 0 spiro atoms. The van der Waals surface area contributed by atoms with E-state index in [1.54, 1.807) is 12.1 Å². The molecule has 1 heterocycles. The molecule has 0 radical (unpaired) electrons. The van der Waals surface area contributed by atoms with Crippen LogP contribution in [0.4, 0.5) is 5.69 Å². The van der Waals surface area contributed by atoms with Gasteiger partial charge in [0, 0.05) is 5.56 Å². The fraction of sp³-hybridized carbons (Fsp3) is 0.188. The van der Waals surface area contributed by atoms with Crippen LogP contribution in [0.3, 0.4) is 0 Å². The van der Waals surface area contributed by atoms with E-state index in [-0.39, 0.29) is 5.78 Å². The fourth-order valence-electron chi connectivity index (χ4n) is 2.86. The highest BCUT2D eigenvalue weighted by Gasteiger charge is 2.51. The summed E-state index contributed by atoms with van der Waals surface area (Å²) in [7, 11) is 0. The Bertz CT molecular complexity index is 624. The zero-order valence-corrected chi connectivity index (χ0v) is 10.7. The molecule has 1 aliphatic heterocycles. The number of Topliss-reactive ketones (excluding diaryl/α,β-unsaturated/α-hetero) is 1. The number of ketones is 1. The summed E-state index contributed by atoms with van der Waals surface area (Å²) in [6.45, 7) is 1.92. The van der Waals surface area contributed by atoms with Crippen molar-refractivity contribution in [2.24, 2.45) is 0 Å². The SMILES string of the molecule is CCC1(c2ccccc2)C(=O)c2ccccc2N1O. The fourth-order valence-corrected chi connectivity index (χ4v) is 2.86.